The summed E-state index contributed by atoms with van der Waals surface area (Å²) >= 11 is 0. The fourth-order valence-corrected chi connectivity index (χ4v) is 4.19. The van der Waals surface area contributed by atoms with Crippen LogP contribution in [0.2, 0.25) is 0 Å². The van der Waals surface area contributed by atoms with Gasteiger partial charge in [0, 0.05) is 18.3 Å². The van der Waals surface area contributed by atoms with Crippen molar-refractivity contribution in [2.45, 2.75) is 31.6 Å². The molecular weight excluding hydrogens is 396 g/mol. The SMILES string of the molecule is Cc1ccc(S(=O)(=O)N(C)c2cccc(C(=O)Nc3ccc(C(C)C)cc3)c2)cc1. The van der Waals surface area contributed by atoms with E-state index in [2.05, 4.69) is 19.2 Å². The molecule has 0 bridgehead atoms. The van der Waals surface area contributed by atoms with E-state index < -0.39 is 10.0 Å². The molecule has 0 atom stereocenters. The first kappa shape index (κ1) is 21.6. The topological polar surface area (TPSA) is 66.5 Å². The Balaban J connectivity index is 1.81. The molecular formula is C24H26N2O3S. The summed E-state index contributed by atoms with van der Waals surface area (Å²) in [6.45, 7) is 6.12. The van der Waals surface area contributed by atoms with E-state index in [-0.39, 0.29) is 10.8 Å². The van der Waals surface area contributed by atoms with Gasteiger partial charge in [-0.15, -0.1) is 0 Å². The normalized spacial score (nSPS) is 11.4. The zero-order chi connectivity index (χ0) is 21.9. The number of nitrogens with zero attached hydrogens (tertiary/aromatic N) is 1. The molecule has 0 aliphatic rings. The number of carbonyl (C=O) groups is 1. The Labute approximate surface area is 178 Å². The van der Waals surface area contributed by atoms with Gasteiger partial charge < -0.3 is 5.32 Å². The van der Waals surface area contributed by atoms with Crippen molar-refractivity contribution < 1.29 is 13.2 Å². The van der Waals surface area contributed by atoms with E-state index in [1.54, 1.807) is 48.5 Å². The van der Waals surface area contributed by atoms with E-state index in [4.69, 9.17) is 0 Å². The van der Waals surface area contributed by atoms with Crippen LogP contribution in [0, 0.1) is 6.92 Å². The van der Waals surface area contributed by atoms with Crippen LogP contribution in [0.5, 0.6) is 0 Å². The number of rotatable bonds is 6. The lowest BCUT2D eigenvalue weighted by atomic mass is 10.0. The number of hydrogen-bond acceptors (Lipinski definition) is 3. The molecule has 3 rings (SSSR count). The van der Waals surface area contributed by atoms with Gasteiger partial charge in [-0.1, -0.05) is 49.7 Å². The Bertz CT molecular complexity index is 1140. The smallest absolute Gasteiger partial charge is 0.264 e. The van der Waals surface area contributed by atoms with Crippen LogP contribution in [-0.4, -0.2) is 21.4 Å². The molecule has 0 heterocycles. The highest BCUT2D eigenvalue weighted by Gasteiger charge is 2.22. The molecule has 6 heteroatoms. The lowest BCUT2D eigenvalue weighted by Crippen LogP contribution is -2.26. The summed E-state index contributed by atoms with van der Waals surface area (Å²) < 4.78 is 27.0. The van der Waals surface area contributed by atoms with Gasteiger partial charge in [-0.2, -0.15) is 0 Å². The number of nitrogens with one attached hydrogen (secondary N) is 1. The number of aryl methyl sites for hydroxylation is 1. The van der Waals surface area contributed by atoms with Crippen molar-refractivity contribution in [3.63, 3.8) is 0 Å². The third-order valence-corrected chi connectivity index (χ3v) is 6.79. The standard InChI is InChI=1S/C24H26N2O3S/c1-17(2)19-10-12-21(13-11-19)25-24(27)20-6-5-7-22(16-20)26(4)30(28,29)23-14-8-18(3)9-15-23/h5-17H,1-4H3,(H,25,27). The van der Waals surface area contributed by atoms with Gasteiger partial charge in [0.25, 0.3) is 15.9 Å². The fourth-order valence-electron chi connectivity index (χ4n) is 3.00. The Morgan fingerprint density at radius 3 is 2.17 bits per heavy atom. The number of carbonyl (C=O) groups excluding carboxylic acids is 1. The van der Waals surface area contributed by atoms with Crippen molar-refractivity contribution in [2.75, 3.05) is 16.7 Å². The first-order valence-electron chi connectivity index (χ1n) is 9.75. The van der Waals surface area contributed by atoms with Gasteiger partial charge in [0.2, 0.25) is 0 Å². The summed E-state index contributed by atoms with van der Waals surface area (Å²) in [5.41, 5.74) is 3.66. The summed E-state index contributed by atoms with van der Waals surface area (Å²) in [4.78, 5) is 12.9. The lowest BCUT2D eigenvalue weighted by molar-refractivity contribution is 0.102. The fraction of sp³-hybridized carbons (Fsp3) is 0.208. The highest BCUT2D eigenvalue weighted by Crippen LogP contribution is 2.24. The molecule has 0 unspecified atom stereocenters. The molecule has 1 amide bonds. The monoisotopic (exact) mass is 422 g/mol. The third kappa shape index (κ3) is 4.71. The van der Waals surface area contributed by atoms with Gasteiger partial charge in [0.15, 0.2) is 0 Å². The minimum Gasteiger partial charge on any atom is -0.322 e. The van der Waals surface area contributed by atoms with E-state index in [1.165, 1.54) is 16.9 Å². The second-order valence-electron chi connectivity index (χ2n) is 7.57. The first-order chi connectivity index (χ1) is 14.2. The van der Waals surface area contributed by atoms with E-state index in [0.717, 1.165) is 5.56 Å². The van der Waals surface area contributed by atoms with Gasteiger partial charge in [-0.25, -0.2) is 8.42 Å². The maximum Gasteiger partial charge on any atom is 0.264 e. The average molecular weight is 423 g/mol. The maximum absolute atomic E-state index is 12.9. The summed E-state index contributed by atoms with van der Waals surface area (Å²) in [5, 5.41) is 2.86. The minimum atomic E-state index is -3.72. The molecule has 5 nitrogen and oxygen atoms in total. The van der Waals surface area contributed by atoms with E-state index in [9.17, 15) is 13.2 Å². The van der Waals surface area contributed by atoms with Crippen LogP contribution in [0.25, 0.3) is 0 Å². The quantitative estimate of drug-likeness (QED) is 0.594. The molecule has 0 aliphatic heterocycles. The molecule has 0 aliphatic carbocycles. The van der Waals surface area contributed by atoms with Gasteiger partial charge in [-0.05, 0) is 60.9 Å². The van der Waals surface area contributed by atoms with Crippen molar-refractivity contribution in [2.24, 2.45) is 0 Å². The second-order valence-corrected chi connectivity index (χ2v) is 9.54. The Kier molecular flexibility index (Phi) is 6.27. The van der Waals surface area contributed by atoms with E-state index in [0.29, 0.717) is 22.9 Å². The summed E-state index contributed by atoms with van der Waals surface area (Å²) in [6.07, 6.45) is 0. The van der Waals surface area contributed by atoms with Crippen LogP contribution >= 0.6 is 0 Å². The number of benzene rings is 3. The molecule has 0 saturated heterocycles. The molecule has 0 aromatic heterocycles. The number of sulfonamides is 1. The van der Waals surface area contributed by atoms with Crippen molar-refractivity contribution in [3.8, 4) is 0 Å². The van der Waals surface area contributed by atoms with Crippen molar-refractivity contribution >= 4 is 27.3 Å². The molecule has 1 N–H and O–H groups in total. The Morgan fingerprint density at radius 2 is 1.57 bits per heavy atom. The van der Waals surface area contributed by atoms with Crippen molar-refractivity contribution in [3.05, 3.63) is 89.5 Å². The summed E-state index contributed by atoms with van der Waals surface area (Å²) in [5.74, 6) is 0.118. The molecule has 3 aromatic carbocycles. The number of anilines is 2. The predicted octanol–water partition coefficient (Wildman–Crippen LogP) is 5.20. The van der Waals surface area contributed by atoms with Gasteiger partial charge >= 0.3 is 0 Å². The third-order valence-electron chi connectivity index (χ3n) is 4.99. The largest absolute Gasteiger partial charge is 0.322 e. The Hall–Kier alpha value is -3.12. The number of amides is 1. The van der Waals surface area contributed by atoms with Crippen molar-refractivity contribution in [1.29, 1.82) is 0 Å². The second kappa shape index (κ2) is 8.71. The van der Waals surface area contributed by atoms with Crippen molar-refractivity contribution in [1.82, 2.24) is 0 Å². The van der Waals surface area contributed by atoms with Crippen LogP contribution in [0.4, 0.5) is 11.4 Å². The molecule has 3 aromatic rings. The molecule has 0 spiro atoms. The van der Waals surface area contributed by atoms with Gasteiger partial charge in [0.05, 0.1) is 10.6 Å². The molecule has 0 radical (unpaired) electrons. The van der Waals surface area contributed by atoms with Gasteiger partial charge in [0.1, 0.15) is 0 Å². The van der Waals surface area contributed by atoms with Gasteiger partial charge in [-0.3, -0.25) is 9.10 Å². The zero-order valence-corrected chi connectivity index (χ0v) is 18.4. The van der Waals surface area contributed by atoms with E-state index >= 15 is 0 Å². The summed E-state index contributed by atoms with van der Waals surface area (Å²) in [7, 11) is -2.24. The number of hydrogen-bond donors (Lipinski definition) is 1. The molecule has 156 valence electrons. The van der Waals surface area contributed by atoms with Crippen LogP contribution in [-0.2, 0) is 10.0 Å². The van der Waals surface area contributed by atoms with E-state index in [1.807, 2.05) is 31.2 Å². The van der Waals surface area contributed by atoms with Crippen LogP contribution in [0.15, 0.2) is 77.7 Å². The average Bonchev–Trinajstić information content (AvgIpc) is 2.74. The molecule has 30 heavy (non-hydrogen) atoms. The molecule has 0 saturated carbocycles. The first-order valence-corrected chi connectivity index (χ1v) is 11.2. The van der Waals surface area contributed by atoms with Crippen LogP contribution in [0.3, 0.4) is 0 Å². The lowest BCUT2D eigenvalue weighted by Gasteiger charge is -2.20. The maximum atomic E-state index is 12.9. The Morgan fingerprint density at radius 1 is 0.933 bits per heavy atom. The van der Waals surface area contributed by atoms with Crippen LogP contribution in [0.1, 0.15) is 41.3 Å². The summed E-state index contributed by atoms with van der Waals surface area (Å²) in [6, 6.07) is 21.0. The van der Waals surface area contributed by atoms with Crippen LogP contribution < -0.4 is 9.62 Å². The highest BCUT2D eigenvalue weighted by atomic mass is 32.2. The zero-order valence-electron chi connectivity index (χ0n) is 17.6. The predicted molar refractivity (Wildman–Crippen MR) is 122 cm³/mol. The minimum absolute atomic E-state index is 0.204. The molecule has 0 fully saturated rings. The highest BCUT2D eigenvalue weighted by molar-refractivity contribution is 7.92.